The Hall–Kier alpha value is -0.540. The monoisotopic (exact) mass is 354 g/mol. The second kappa shape index (κ2) is 8.68. The molecule has 0 atom stereocenters. The van der Waals surface area contributed by atoms with E-state index in [0.717, 1.165) is 12.0 Å². The summed E-state index contributed by atoms with van der Waals surface area (Å²) in [5.41, 5.74) is 1.03. The van der Waals surface area contributed by atoms with Crippen LogP contribution < -0.4 is 9.47 Å². The molecular weight excluding hydrogens is 342 g/mol. The Morgan fingerprint density at radius 3 is 2.30 bits per heavy atom. The van der Waals surface area contributed by atoms with Gasteiger partial charge in [-0.15, -0.1) is 6.58 Å². The lowest BCUT2D eigenvalue weighted by Gasteiger charge is -2.12. The molecule has 0 amide bonds. The van der Waals surface area contributed by atoms with Crippen molar-refractivity contribution < 1.29 is 9.47 Å². The normalized spacial score (nSPS) is 10.1. The van der Waals surface area contributed by atoms with E-state index in [-0.39, 0.29) is 11.1 Å². The summed E-state index contributed by atoms with van der Waals surface area (Å²) < 4.78 is 11.1. The van der Waals surface area contributed by atoms with Crippen LogP contribution in [0.1, 0.15) is 13.3 Å². The fourth-order valence-electron chi connectivity index (χ4n) is 1.29. The van der Waals surface area contributed by atoms with Crippen molar-refractivity contribution in [1.29, 1.82) is 0 Å². The third kappa shape index (κ3) is 6.27. The molecule has 1 aromatic carbocycles. The zero-order valence-electron chi connectivity index (χ0n) is 10.9. The fraction of sp³-hybridized carbons (Fsp3) is 0.286. The average molecular weight is 356 g/mol. The van der Waals surface area contributed by atoms with Crippen LogP contribution in [0.5, 0.6) is 11.5 Å². The molecule has 0 radical (unpaired) electrons. The topological polar surface area (TPSA) is 18.5 Å². The van der Waals surface area contributed by atoms with Gasteiger partial charge in [0.25, 0.3) is 0 Å². The summed E-state index contributed by atoms with van der Waals surface area (Å²) in [6.45, 7) is 6.43. The molecule has 1 aromatic rings. The highest BCUT2D eigenvalue weighted by atomic mass is 35.5. The first kappa shape index (κ1) is 17.5. The predicted octanol–water partition coefficient (Wildman–Crippen LogP) is 6.04. The van der Waals surface area contributed by atoms with E-state index in [0.29, 0.717) is 28.2 Å². The molecule has 0 aliphatic carbocycles. The average Bonchev–Trinajstić information content (AvgIpc) is 2.32. The maximum Gasteiger partial charge on any atom is 0.156 e. The third-order valence-corrected chi connectivity index (χ3v) is 3.10. The van der Waals surface area contributed by atoms with Crippen molar-refractivity contribution in [1.82, 2.24) is 0 Å². The van der Waals surface area contributed by atoms with Crippen LogP contribution in [0.3, 0.4) is 0 Å². The highest BCUT2D eigenvalue weighted by Crippen LogP contribution is 2.37. The van der Waals surface area contributed by atoms with Gasteiger partial charge in [-0.25, -0.2) is 0 Å². The zero-order chi connectivity index (χ0) is 15.1. The van der Waals surface area contributed by atoms with Gasteiger partial charge in [0, 0.05) is 18.6 Å². The van der Waals surface area contributed by atoms with Crippen LogP contribution in [-0.4, -0.2) is 13.2 Å². The Labute approximate surface area is 138 Å². The Morgan fingerprint density at radius 1 is 1.20 bits per heavy atom. The van der Waals surface area contributed by atoms with Crippen molar-refractivity contribution in [3.63, 3.8) is 0 Å². The summed E-state index contributed by atoms with van der Waals surface area (Å²) in [5, 5.41) is 0.769. The van der Waals surface area contributed by atoms with Crippen molar-refractivity contribution in [3.8, 4) is 11.5 Å². The van der Waals surface area contributed by atoms with Gasteiger partial charge in [0.1, 0.15) is 16.8 Å². The molecule has 2 nitrogen and oxygen atoms in total. The standard InChI is InChI=1S/C14H14Cl4O2/c1-9(2)3-5-20-14-11(15)7-10(8-12(14)16)19-6-4-13(17)18/h4,7-8H,1,3,5-6H2,2H3. The lowest BCUT2D eigenvalue weighted by atomic mass is 10.2. The second-order valence-corrected chi connectivity index (χ2v) is 5.90. The van der Waals surface area contributed by atoms with Gasteiger partial charge in [-0.2, -0.15) is 0 Å². The van der Waals surface area contributed by atoms with E-state index < -0.39 is 0 Å². The van der Waals surface area contributed by atoms with E-state index in [1.54, 1.807) is 12.1 Å². The molecule has 110 valence electrons. The smallest absolute Gasteiger partial charge is 0.156 e. The number of benzene rings is 1. The Kier molecular flexibility index (Phi) is 7.60. The SMILES string of the molecule is C=C(C)CCOc1c(Cl)cc(OCC=C(Cl)Cl)cc1Cl. The van der Waals surface area contributed by atoms with Crippen molar-refractivity contribution in [2.45, 2.75) is 13.3 Å². The fourth-order valence-corrected chi connectivity index (χ4v) is 1.99. The molecule has 0 N–H and O–H groups in total. The number of halogens is 4. The first-order valence-corrected chi connectivity index (χ1v) is 7.31. The maximum absolute atomic E-state index is 6.11. The van der Waals surface area contributed by atoms with Gasteiger partial charge in [0.15, 0.2) is 5.75 Å². The number of hydrogen-bond donors (Lipinski definition) is 0. The molecule has 0 aliphatic heterocycles. The molecule has 0 bridgehead atoms. The summed E-state index contributed by atoms with van der Waals surface area (Å²) >= 11 is 23.2. The molecule has 1 rings (SSSR count). The van der Waals surface area contributed by atoms with E-state index in [4.69, 9.17) is 55.9 Å². The van der Waals surface area contributed by atoms with Crippen molar-refractivity contribution in [2.75, 3.05) is 13.2 Å². The number of hydrogen-bond acceptors (Lipinski definition) is 2. The molecule has 0 spiro atoms. The molecule has 0 aliphatic rings. The number of rotatable bonds is 7. The maximum atomic E-state index is 6.11. The van der Waals surface area contributed by atoms with Crippen LogP contribution in [0, 0.1) is 0 Å². The second-order valence-electron chi connectivity index (χ2n) is 4.08. The van der Waals surface area contributed by atoms with Crippen LogP contribution in [-0.2, 0) is 0 Å². The van der Waals surface area contributed by atoms with E-state index in [2.05, 4.69) is 6.58 Å². The van der Waals surface area contributed by atoms with Crippen molar-refractivity contribution in [2.24, 2.45) is 0 Å². The van der Waals surface area contributed by atoms with Gasteiger partial charge >= 0.3 is 0 Å². The van der Waals surface area contributed by atoms with Gasteiger partial charge in [0.05, 0.1) is 16.7 Å². The Morgan fingerprint density at radius 2 is 1.80 bits per heavy atom. The molecule has 0 fully saturated rings. The summed E-state index contributed by atoms with van der Waals surface area (Å²) in [4.78, 5) is 0. The summed E-state index contributed by atoms with van der Waals surface area (Å²) in [7, 11) is 0. The van der Waals surface area contributed by atoms with Gasteiger partial charge in [-0.05, 0) is 13.0 Å². The molecule has 0 saturated heterocycles. The lowest BCUT2D eigenvalue weighted by molar-refractivity contribution is 0.320. The minimum atomic E-state index is 0.141. The molecule has 0 aromatic heterocycles. The Balaban J connectivity index is 2.70. The number of ether oxygens (including phenoxy) is 2. The highest BCUT2D eigenvalue weighted by molar-refractivity contribution is 6.55. The molecule has 0 unspecified atom stereocenters. The molecule has 0 heterocycles. The van der Waals surface area contributed by atoms with Gasteiger partial charge in [-0.3, -0.25) is 0 Å². The third-order valence-electron chi connectivity index (χ3n) is 2.23. The van der Waals surface area contributed by atoms with Crippen LogP contribution in [0.15, 0.2) is 34.9 Å². The van der Waals surface area contributed by atoms with E-state index in [1.165, 1.54) is 6.08 Å². The van der Waals surface area contributed by atoms with Crippen molar-refractivity contribution in [3.05, 3.63) is 44.9 Å². The largest absolute Gasteiger partial charge is 0.490 e. The first-order chi connectivity index (χ1) is 9.40. The minimum Gasteiger partial charge on any atom is -0.490 e. The van der Waals surface area contributed by atoms with Crippen LogP contribution in [0.4, 0.5) is 0 Å². The highest BCUT2D eigenvalue weighted by Gasteiger charge is 2.10. The summed E-state index contributed by atoms with van der Waals surface area (Å²) in [6.07, 6.45) is 2.26. The van der Waals surface area contributed by atoms with E-state index in [9.17, 15) is 0 Å². The first-order valence-electron chi connectivity index (χ1n) is 5.80. The van der Waals surface area contributed by atoms with E-state index >= 15 is 0 Å². The summed E-state index contributed by atoms with van der Waals surface area (Å²) in [6, 6.07) is 3.25. The van der Waals surface area contributed by atoms with Crippen molar-refractivity contribution >= 4 is 46.4 Å². The van der Waals surface area contributed by atoms with Gasteiger partial charge in [-0.1, -0.05) is 52.0 Å². The molecule has 20 heavy (non-hydrogen) atoms. The lowest BCUT2D eigenvalue weighted by Crippen LogP contribution is -2.00. The minimum absolute atomic E-state index is 0.141. The zero-order valence-corrected chi connectivity index (χ0v) is 13.9. The van der Waals surface area contributed by atoms with E-state index in [1.807, 2.05) is 6.92 Å². The Bertz CT molecular complexity index is 485. The molecule has 0 saturated carbocycles. The quantitative estimate of drug-likeness (QED) is 0.555. The van der Waals surface area contributed by atoms with Crippen LogP contribution in [0.2, 0.25) is 10.0 Å². The van der Waals surface area contributed by atoms with Crippen LogP contribution in [0.25, 0.3) is 0 Å². The molecule has 6 heteroatoms. The summed E-state index contributed by atoms with van der Waals surface area (Å²) in [5.74, 6) is 0.950. The van der Waals surface area contributed by atoms with Crippen LogP contribution >= 0.6 is 46.4 Å². The van der Waals surface area contributed by atoms with Gasteiger partial charge < -0.3 is 9.47 Å². The molecular formula is C14H14Cl4O2. The predicted molar refractivity (Wildman–Crippen MR) is 86.7 cm³/mol. The van der Waals surface area contributed by atoms with Gasteiger partial charge in [0.2, 0.25) is 0 Å².